The van der Waals surface area contributed by atoms with Crippen LogP contribution in [0.1, 0.15) is 6.92 Å². The van der Waals surface area contributed by atoms with Crippen molar-refractivity contribution in [1.29, 1.82) is 0 Å². The number of thioether (sulfide) groups is 1. The average molecular weight is 383 g/mol. The molecule has 0 aliphatic heterocycles. The first kappa shape index (κ1) is 18.6. The van der Waals surface area contributed by atoms with Crippen molar-refractivity contribution in [2.24, 2.45) is 0 Å². The van der Waals surface area contributed by atoms with E-state index < -0.39 is 4.92 Å². The van der Waals surface area contributed by atoms with Crippen molar-refractivity contribution in [3.63, 3.8) is 0 Å². The molecule has 0 unspecified atom stereocenters. The molecule has 1 heterocycles. The van der Waals surface area contributed by atoms with E-state index in [9.17, 15) is 14.9 Å². The van der Waals surface area contributed by atoms with Crippen molar-refractivity contribution in [3.8, 4) is 11.4 Å². The Bertz CT molecular complexity index is 959. The second kappa shape index (κ2) is 8.45. The lowest BCUT2D eigenvalue weighted by atomic mass is 10.2. The number of anilines is 1. The van der Waals surface area contributed by atoms with Crippen LogP contribution in [0, 0.1) is 10.1 Å². The van der Waals surface area contributed by atoms with E-state index in [0.29, 0.717) is 17.4 Å². The Balaban J connectivity index is 1.66. The maximum atomic E-state index is 12.2. The molecule has 27 heavy (non-hydrogen) atoms. The van der Waals surface area contributed by atoms with Crippen molar-refractivity contribution in [2.45, 2.75) is 18.6 Å². The third-order valence-electron chi connectivity index (χ3n) is 3.74. The molecule has 0 spiro atoms. The van der Waals surface area contributed by atoms with Gasteiger partial charge in [0.2, 0.25) is 5.91 Å². The van der Waals surface area contributed by atoms with Crippen molar-refractivity contribution in [3.05, 3.63) is 64.7 Å². The van der Waals surface area contributed by atoms with E-state index in [1.54, 1.807) is 6.07 Å². The molecule has 0 aliphatic carbocycles. The summed E-state index contributed by atoms with van der Waals surface area (Å²) in [6, 6.07) is 15.6. The van der Waals surface area contributed by atoms with Crippen LogP contribution in [0.5, 0.6) is 0 Å². The summed E-state index contributed by atoms with van der Waals surface area (Å²) in [5, 5.41) is 22.5. The topological polar surface area (TPSA) is 103 Å². The number of carbonyl (C=O) groups excluding carboxylic acids is 1. The maximum absolute atomic E-state index is 12.2. The lowest BCUT2D eigenvalue weighted by Gasteiger charge is -2.08. The second-order valence-electron chi connectivity index (χ2n) is 5.56. The van der Waals surface area contributed by atoms with E-state index in [2.05, 4.69) is 15.5 Å². The molecule has 1 aromatic heterocycles. The summed E-state index contributed by atoms with van der Waals surface area (Å²) in [5.74, 6) is 0.599. The van der Waals surface area contributed by atoms with Crippen molar-refractivity contribution >= 4 is 29.0 Å². The number of nitrogens with one attached hydrogen (secondary N) is 1. The molecule has 9 heteroatoms. The highest BCUT2D eigenvalue weighted by molar-refractivity contribution is 7.99. The Morgan fingerprint density at radius 1 is 1.19 bits per heavy atom. The molecule has 0 radical (unpaired) electrons. The van der Waals surface area contributed by atoms with E-state index in [1.165, 1.54) is 30.0 Å². The van der Waals surface area contributed by atoms with Gasteiger partial charge in [-0.05, 0) is 13.0 Å². The van der Waals surface area contributed by atoms with Gasteiger partial charge < -0.3 is 9.88 Å². The maximum Gasteiger partial charge on any atom is 0.271 e. The zero-order chi connectivity index (χ0) is 19.2. The average Bonchev–Trinajstić information content (AvgIpc) is 3.10. The van der Waals surface area contributed by atoms with Crippen LogP contribution in [-0.2, 0) is 11.3 Å². The predicted molar refractivity (Wildman–Crippen MR) is 104 cm³/mol. The van der Waals surface area contributed by atoms with Crippen molar-refractivity contribution in [1.82, 2.24) is 14.8 Å². The number of aromatic nitrogens is 3. The molecule has 1 N–H and O–H groups in total. The monoisotopic (exact) mass is 383 g/mol. The van der Waals surface area contributed by atoms with Gasteiger partial charge in [-0.15, -0.1) is 10.2 Å². The minimum Gasteiger partial charge on any atom is -0.325 e. The highest BCUT2D eigenvalue weighted by Gasteiger charge is 2.15. The van der Waals surface area contributed by atoms with Gasteiger partial charge in [0.1, 0.15) is 0 Å². The van der Waals surface area contributed by atoms with Crippen LogP contribution in [0.4, 0.5) is 11.4 Å². The third kappa shape index (κ3) is 4.50. The number of nitrogens with zero attached hydrogens (tertiary/aromatic N) is 4. The molecule has 0 saturated carbocycles. The van der Waals surface area contributed by atoms with Crippen molar-refractivity contribution < 1.29 is 9.72 Å². The molecule has 3 aromatic rings. The standard InChI is InChI=1S/C18H17N5O3S/c1-2-22-17(13-7-4-3-5-8-13)20-21-18(22)27-12-16(24)19-14-9-6-10-15(11-14)23(25)26/h3-11H,2,12H2,1H3,(H,19,24). The Morgan fingerprint density at radius 3 is 2.67 bits per heavy atom. The SMILES string of the molecule is CCn1c(SCC(=O)Nc2cccc([N+](=O)[O-])c2)nnc1-c1ccccc1. The smallest absolute Gasteiger partial charge is 0.271 e. The van der Waals surface area contributed by atoms with Crippen LogP contribution >= 0.6 is 11.8 Å². The zero-order valence-corrected chi connectivity index (χ0v) is 15.3. The first-order chi connectivity index (χ1) is 13.1. The molecular weight excluding hydrogens is 366 g/mol. The van der Waals surface area contributed by atoms with Crippen LogP contribution in [0.25, 0.3) is 11.4 Å². The van der Waals surface area contributed by atoms with Crippen LogP contribution in [0.2, 0.25) is 0 Å². The lowest BCUT2D eigenvalue weighted by Crippen LogP contribution is -2.14. The minimum absolute atomic E-state index is 0.0707. The van der Waals surface area contributed by atoms with E-state index in [1.807, 2.05) is 41.8 Å². The number of benzene rings is 2. The lowest BCUT2D eigenvalue weighted by molar-refractivity contribution is -0.384. The molecule has 0 saturated heterocycles. The Labute approximate surface area is 159 Å². The quantitative estimate of drug-likeness (QED) is 0.380. The Hall–Kier alpha value is -3.20. The molecular formula is C18H17N5O3S. The number of amides is 1. The highest BCUT2D eigenvalue weighted by Crippen LogP contribution is 2.24. The molecule has 8 nitrogen and oxygen atoms in total. The van der Waals surface area contributed by atoms with E-state index in [0.717, 1.165) is 11.4 Å². The number of hydrogen-bond donors (Lipinski definition) is 1. The summed E-state index contributed by atoms with van der Waals surface area (Å²) in [6.45, 7) is 2.66. The predicted octanol–water partition coefficient (Wildman–Crippen LogP) is 3.60. The van der Waals surface area contributed by atoms with E-state index >= 15 is 0 Å². The van der Waals surface area contributed by atoms with Gasteiger partial charge in [0.05, 0.1) is 10.7 Å². The van der Waals surface area contributed by atoms with Gasteiger partial charge in [0, 0.05) is 29.9 Å². The normalized spacial score (nSPS) is 10.6. The third-order valence-corrected chi connectivity index (χ3v) is 4.70. The molecule has 138 valence electrons. The van der Waals surface area contributed by atoms with Crippen LogP contribution in [0.15, 0.2) is 59.8 Å². The number of nitro groups is 1. The van der Waals surface area contributed by atoms with Crippen LogP contribution in [-0.4, -0.2) is 31.3 Å². The Kier molecular flexibility index (Phi) is 5.82. The van der Waals surface area contributed by atoms with Gasteiger partial charge in [-0.25, -0.2) is 0 Å². The molecule has 0 aliphatic rings. The van der Waals surface area contributed by atoms with Gasteiger partial charge in [0.15, 0.2) is 11.0 Å². The number of carbonyl (C=O) groups is 1. The molecule has 1 amide bonds. The fourth-order valence-electron chi connectivity index (χ4n) is 2.51. The van der Waals surface area contributed by atoms with Gasteiger partial charge >= 0.3 is 0 Å². The summed E-state index contributed by atoms with van der Waals surface area (Å²) in [6.07, 6.45) is 0. The fraction of sp³-hybridized carbons (Fsp3) is 0.167. The number of hydrogen-bond acceptors (Lipinski definition) is 6. The van der Waals surface area contributed by atoms with E-state index in [-0.39, 0.29) is 17.3 Å². The number of non-ortho nitro benzene ring substituents is 1. The summed E-state index contributed by atoms with van der Waals surface area (Å²) >= 11 is 1.27. The summed E-state index contributed by atoms with van der Waals surface area (Å²) in [4.78, 5) is 22.5. The second-order valence-corrected chi connectivity index (χ2v) is 6.50. The molecule has 0 bridgehead atoms. The van der Waals surface area contributed by atoms with Crippen molar-refractivity contribution in [2.75, 3.05) is 11.1 Å². The van der Waals surface area contributed by atoms with Crippen LogP contribution in [0.3, 0.4) is 0 Å². The Morgan fingerprint density at radius 2 is 1.96 bits per heavy atom. The van der Waals surface area contributed by atoms with Gasteiger partial charge in [-0.1, -0.05) is 48.2 Å². The largest absolute Gasteiger partial charge is 0.325 e. The summed E-state index contributed by atoms with van der Waals surface area (Å²) < 4.78 is 1.95. The first-order valence-corrected chi connectivity index (χ1v) is 9.22. The number of nitro benzene ring substituents is 1. The zero-order valence-electron chi connectivity index (χ0n) is 14.5. The van der Waals surface area contributed by atoms with Gasteiger partial charge in [-0.3, -0.25) is 14.9 Å². The van der Waals surface area contributed by atoms with Gasteiger partial charge in [-0.2, -0.15) is 0 Å². The fourth-order valence-corrected chi connectivity index (χ4v) is 3.31. The van der Waals surface area contributed by atoms with E-state index in [4.69, 9.17) is 0 Å². The molecule has 0 fully saturated rings. The highest BCUT2D eigenvalue weighted by atomic mass is 32.2. The summed E-state index contributed by atoms with van der Waals surface area (Å²) in [5.41, 5.74) is 1.27. The first-order valence-electron chi connectivity index (χ1n) is 8.24. The minimum atomic E-state index is -0.501. The number of rotatable bonds is 7. The molecule has 0 atom stereocenters. The summed E-state index contributed by atoms with van der Waals surface area (Å²) in [7, 11) is 0. The van der Waals surface area contributed by atoms with Gasteiger partial charge in [0.25, 0.3) is 5.69 Å². The molecule has 2 aromatic carbocycles. The molecule has 3 rings (SSSR count). The van der Waals surface area contributed by atoms with Crippen LogP contribution < -0.4 is 5.32 Å².